The lowest BCUT2D eigenvalue weighted by molar-refractivity contribution is -0.117. The Labute approximate surface area is 95.2 Å². The maximum atomic E-state index is 11.9. The van der Waals surface area contributed by atoms with Crippen molar-refractivity contribution in [2.45, 2.75) is 25.8 Å². The van der Waals surface area contributed by atoms with Gasteiger partial charge in [0.2, 0.25) is 5.91 Å². The molecule has 0 radical (unpaired) electrons. The monoisotopic (exact) mass is 216 g/mol. The first-order chi connectivity index (χ1) is 7.65. The number of hydrogen-bond donors (Lipinski definition) is 1. The van der Waals surface area contributed by atoms with Crippen molar-refractivity contribution in [3.05, 3.63) is 29.3 Å². The third-order valence-corrected chi connectivity index (χ3v) is 3.56. The van der Waals surface area contributed by atoms with Crippen molar-refractivity contribution in [1.82, 2.24) is 0 Å². The Bertz CT molecular complexity index is 455. The number of nitrogens with two attached hydrogens (primary N) is 1. The summed E-state index contributed by atoms with van der Waals surface area (Å²) in [5.74, 6) is 0.732. The van der Waals surface area contributed by atoms with Crippen molar-refractivity contribution in [1.29, 1.82) is 0 Å². The van der Waals surface area contributed by atoms with Crippen LogP contribution in [-0.4, -0.2) is 18.5 Å². The lowest BCUT2D eigenvalue weighted by Crippen LogP contribution is -2.30. The second kappa shape index (κ2) is 3.32. The number of amides is 1. The summed E-state index contributed by atoms with van der Waals surface area (Å²) in [6, 6.07) is 6.54. The zero-order valence-corrected chi connectivity index (χ0v) is 9.44. The van der Waals surface area contributed by atoms with E-state index in [0.717, 1.165) is 18.7 Å². The van der Waals surface area contributed by atoms with Crippen molar-refractivity contribution in [2.24, 2.45) is 11.7 Å². The molecule has 1 saturated carbocycles. The summed E-state index contributed by atoms with van der Waals surface area (Å²) >= 11 is 0. The third kappa shape index (κ3) is 1.52. The average Bonchev–Trinajstić information content (AvgIpc) is 2.82. The van der Waals surface area contributed by atoms with Gasteiger partial charge in [0, 0.05) is 18.3 Å². The Kier molecular flexibility index (Phi) is 2.04. The van der Waals surface area contributed by atoms with Gasteiger partial charge < -0.3 is 10.6 Å². The summed E-state index contributed by atoms with van der Waals surface area (Å²) in [6.07, 6.45) is 1.62. The smallest absolute Gasteiger partial charge is 0.231 e. The minimum Gasteiger partial charge on any atom is -0.327 e. The van der Waals surface area contributed by atoms with Crippen LogP contribution in [-0.2, 0) is 11.2 Å². The van der Waals surface area contributed by atoms with Gasteiger partial charge in [-0.25, -0.2) is 0 Å². The van der Waals surface area contributed by atoms with Crippen LogP contribution in [0.25, 0.3) is 0 Å². The van der Waals surface area contributed by atoms with E-state index in [1.807, 2.05) is 4.90 Å². The molecule has 1 heterocycles. The molecule has 0 unspecified atom stereocenters. The van der Waals surface area contributed by atoms with Crippen LogP contribution in [0, 0.1) is 12.8 Å². The topological polar surface area (TPSA) is 46.3 Å². The van der Waals surface area contributed by atoms with Gasteiger partial charge in [-0.05, 0) is 30.9 Å². The molecule has 2 N–H and O–H groups in total. The molecule has 1 aromatic rings. The molecule has 3 heteroatoms. The normalized spacial score (nSPS) is 27.1. The number of anilines is 1. The van der Waals surface area contributed by atoms with Crippen molar-refractivity contribution < 1.29 is 4.79 Å². The number of fused-ring (bicyclic) bond motifs is 1. The fraction of sp³-hybridized carbons (Fsp3) is 0.462. The summed E-state index contributed by atoms with van der Waals surface area (Å²) in [5.41, 5.74) is 9.27. The molecule has 1 aliphatic carbocycles. The van der Waals surface area contributed by atoms with Crippen LogP contribution in [0.2, 0.25) is 0 Å². The van der Waals surface area contributed by atoms with Gasteiger partial charge in [0.15, 0.2) is 0 Å². The van der Waals surface area contributed by atoms with Crippen LogP contribution < -0.4 is 10.6 Å². The van der Waals surface area contributed by atoms with Gasteiger partial charge in [-0.2, -0.15) is 0 Å². The van der Waals surface area contributed by atoms with Gasteiger partial charge in [0.1, 0.15) is 0 Å². The first-order valence-corrected chi connectivity index (χ1v) is 5.80. The standard InChI is InChI=1S/C13H16N2O/c1-8-2-3-12-9(4-8)6-13(16)15(12)7-10-5-11(10)14/h2-4,10-11H,5-7,14H2,1H3/t10-,11-/m1/s1. The van der Waals surface area contributed by atoms with E-state index in [4.69, 9.17) is 5.73 Å². The van der Waals surface area contributed by atoms with E-state index in [-0.39, 0.29) is 5.91 Å². The molecule has 1 fully saturated rings. The summed E-state index contributed by atoms with van der Waals surface area (Å²) in [5, 5.41) is 0. The molecule has 3 nitrogen and oxygen atoms in total. The van der Waals surface area contributed by atoms with Gasteiger partial charge >= 0.3 is 0 Å². The number of hydrogen-bond acceptors (Lipinski definition) is 2. The fourth-order valence-corrected chi connectivity index (χ4v) is 2.43. The maximum Gasteiger partial charge on any atom is 0.231 e. The third-order valence-electron chi connectivity index (χ3n) is 3.56. The lowest BCUT2D eigenvalue weighted by atomic mass is 10.1. The predicted octanol–water partition coefficient (Wildman–Crippen LogP) is 1.23. The minimum absolute atomic E-state index is 0.222. The Morgan fingerprint density at radius 2 is 2.25 bits per heavy atom. The highest BCUT2D eigenvalue weighted by molar-refractivity contribution is 6.01. The molecule has 2 atom stereocenters. The van der Waals surface area contributed by atoms with E-state index in [2.05, 4.69) is 25.1 Å². The van der Waals surface area contributed by atoms with Crippen LogP contribution >= 0.6 is 0 Å². The fourth-order valence-electron chi connectivity index (χ4n) is 2.43. The van der Waals surface area contributed by atoms with Gasteiger partial charge in [-0.1, -0.05) is 17.7 Å². The van der Waals surface area contributed by atoms with Gasteiger partial charge in [-0.15, -0.1) is 0 Å². The molecule has 0 saturated heterocycles. The molecule has 84 valence electrons. The molecule has 1 aliphatic heterocycles. The number of carbonyl (C=O) groups is 1. The van der Waals surface area contributed by atoms with Crippen LogP contribution in [0.15, 0.2) is 18.2 Å². The second-order valence-electron chi connectivity index (χ2n) is 4.97. The van der Waals surface area contributed by atoms with Gasteiger partial charge in [-0.3, -0.25) is 4.79 Å². The molecule has 2 aliphatic rings. The van der Waals surface area contributed by atoms with Crippen LogP contribution in [0.5, 0.6) is 0 Å². The molecule has 0 spiro atoms. The SMILES string of the molecule is Cc1ccc2c(c1)CC(=O)N2C[C@H]1C[C@H]1N. The van der Waals surface area contributed by atoms with E-state index < -0.39 is 0 Å². The maximum absolute atomic E-state index is 11.9. The van der Waals surface area contributed by atoms with E-state index in [1.165, 1.54) is 11.1 Å². The van der Waals surface area contributed by atoms with E-state index in [0.29, 0.717) is 18.4 Å². The van der Waals surface area contributed by atoms with Crippen molar-refractivity contribution in [3.8, 4) is 0 Å². The highest BCUT2D eigenvalue weighted by Crippen LogP contribution is 2.35. The molecule has 3 rings (SSSR count). The van der Waals surface area contributed by atoms with Gasteiger partial charge in [0.25, 0.3) is 0 Å². The highest BCUT2D eigenvalue weighted by Gasteiger charge is 2.38. The molecule has 1 aromatic carbocycles. The van der Waals surface area contributed by atoms with Crippen LogP contribution in [0.3, 0.4) is 0 Å². The minimum atomic E-state index is 0.222. The summed E-state index contributed by atoms with van der Waals surface area (Å²) < 4.78 is 0. The van der Waals surface area contributed by atoms with Gasteiger partial charge in [0.05, 0.1) is 6.42 Å². The quantitative estimate of drug-likeness (QED) is 0.808. The van der Waals surface area contributed by atoms with Crippen LogP contribution in [0.4, 0.5) is 5.69 Å². The van der Waals surface area contributed by atoms with Crippen molar-refractivity contribution in [2.75, 3.05) is 11.4 Å². The predicted molar refractivity (Wildman–Crippen MR) is 63.3 cm³/mol. The van der Waals surface area contributed by atoms with E-state index >= 15 is 0 Å². The summed E-state index contributed by atoms with van der Waals surface area (Å²) in [4.78, 5) is 13.8. The zero-order valence-electron chi connectivity index (χ0n) is 9.44. The molecule has 0 bridgehead atoms. The van der Waals surface area contributed by atoms with E-state index in [9.17, 15) is 4.79 Å². The first-order valence-electron chi connectivity index (χ1n) is 5.80. The van der Waals surface area contributed by atoms with Crippen molar-refractivity contribution >= 4 is 11.6 Å². The Balaban J connectivity index is 1.87. The molecule has 16 heavy (non-hydrogen) atoms. The number of aryl methyl sites for hydroxylation is 1. The largest absolute Gasteiger partial charge is 0.327 e. The number of rotatable bonds is 2. The first kappa shape index (κ1) is 9.85. The summed E-state index contributed by atoms with van der Waals surface area (Å²) in [7, 11) is 0. The zero-order chi connectivity index (χ0) is 11.3. The average molecular weight is 216 g/mol. The Morgan fingerprint density at radius 1 is 1.50 bits per heavy atom. The molecule has 0 aromatic heterocycles. The van der Waals surface area contributed by atoms with E-state index in [1.54, 1.807) is 0 Å². The Hall–Kier alpha value is -1.35. The number of benzene rings is 1. The molecule has 1 amide bonds. The number of carbonyl (C=O) groups excluding carboxylic acids is 1. The number of nitrogens with zero attached hydrogens (tertiary/aromatic N) is 1. The molecular weight excluding hydrogens is 200 g/mol. The van der Waals surface area contributed by atoms with Crippen molar-refractivity contribution in [3.63, 3.8) is 0 Å². The summed E-state index contributed by atoms with van der Waals surface area (Å²) in [6.45, 7) is 2.86. The Morgan fingerprint density at radius 3 is 2.94 bits per heavy atom. The lowest BCUT2D eigenvalue weighted by Gasteiger charge is -2.17. The molecular formula is C13H16N2O. The van der Waals surface area contributed by atoms with Crippen LogP contribution in [0.1, 0.15) is 17.5 Å². The second-order valence-corrected chi connectivity index (χ2v) is 4.97. The highest BCUT2D eigenvalue weighted by atomic mass is 16.2.